The fourth-order valence-electron chi connectivity index (χ4n) is 5.45. The van der Waals surface area contributed by atoms with Gasteiger partial charge in [-0.25, -0.2) is 4.98 Å². The first-order valence-corrected chi connectivity index (χ1v) is 14.6. The highest BCUT2D eigenvalue weighted by Gasteiger charge is 2.29. The van der Waals surface area contributed by atoms with Gasteiger partial charge in [0, 0.05) is 58.1 Å². The highest BCUT2D eigenvalue weighted by molar-refractivity contribution is 6.39. The van der Waals surface area contributed by atoms with E-state index in [4.69, 9.17) is 37.9 Å². The molecule has 4 heterocycles. The number of rotatable bonds is 9. The number of benzene rings is 2. The first kappa shape index (κ1) is 28.2. The summed E-state index contributed by atoms with van der Waals surface area (Å²) >= 11 is 12.3. The molecule has 5 aromatic rings. The van der Waals surface area contributed by atoms with Crippen molar-refractivity contribution in [3.63, 3.8) is 0 Å². The third kappa shape index (κ3) is 5.97. The minimum absolute atomic E-state index is 0.124. The number of carbonyl (C=O) groups is 1. The molecule has 1 aliphatic rings. The predicted molar refractivity (Wildman–Crippen MR) is 164 cm³/mol. The number of carbonyl (C=O) groups excluding carboxylic acids is 1. The SMILES string of the molecule is Cn1c(CCN(Cc2ccc(CNC(=O)c3c(Cl)cncc3Cl)cc2)C2CCOc3cccnc32)nc2ccccc21. The number of hydrogen-bond acceptors (Lipinski definition) is 6. The molecular formula is C32H30Cl2N6O2. The molecule has 1 amide bonds. The van der Waals surface area contributed by atoms with E-state index < -0.39 is 0 Å². The van der Waals surface area contributed by atoms with Crippen LogP contribution in [-0.4, -0.2) is 43.5 Å². The largest absolute Gasteiger partial charge is 0.492 e. The fourth-order valence-corrected chi connectivity index (χ4v) is 5.99. The smallest absolute Gasteiger partial charge is 0.254 e. The maximum absolute atomic E-state index is 12.7. The summed E-state index contributed by atoms with van der Waals surface area (Å²) in [6.45, 7) is 2.54. The lowest BCUT2D eigenvalue weighted by molar-refractivity contribution is 0.0951. The molecule has 0 saturated heterocycles. The molecule has 6 rings (SSSR count). The number of fused-ring (bicyclic) bond motifs is 2. The number of imidazole rings is 1. The molecule has 0 bridgehead atoms. The van der Waals surface area contributed by atoms with Gasteiger partial charge < -0.3 is 14.6 Å². The van der Waals surface area contributed by atoms with E-state index >= 15 is 0 Å². The second kappa shape index (κ2) is 12.5. The second-order valence-electron chi connectivity index (χ2n) is 10.3. The van der Waals surface area contributed by atoms with Gasteiger partial charge in [0.15, 0.2) is 0 Å². The zero-order valence-corrected chi connectivity index (χ0v) is 24.6. The molecule has 42 heavy (non-hydrogen) atoms. The van der Waals surface area contributed by atoms with E-state index in [1.54, 1.807) is 0 Å². The Morgan fingerprint density at radius 3 is 2.60 bits per heavy atom. The summed E-state index contributed by atoms with van der Waals surface area (Å²) in [6.07, 6.45) is 6.31. The van der Waals surface area contributed by atoms with Crippen LogP contribution in [0.3, 0.4) is 0 Å². The quantitative estimate of drug-likeness (QED) is 0.218. The molecule has 1 aliphatic heterocycles. The number of para-hydroxylation sites is 2. The van der Waals surface area contributed by atoms with Crippen LogP contribution in [0.1, 0.15) is 45.5 Å². The van der Waals surface area contributed by atoms with Crippen LogP contribution in [0.25, 0.3) is 11.0 Å². The van der Waals surface area contributed by atoms with Gasteiger partial charge >= 0.3 is 0 Å². The van der Waals surface area contributed by atoms with Crippen LogP contribution in [0.4, 0.5) is 0 Å². The van der Waals surface area contributed by atoms with E-state index in [0.717, 1.165) is 59.8 Å². The fraction of sp³-hybridized carbons (Fsp3) is 0.250. The summed E-state index contributed by atoms with van der Waals surface area (Å²) in [4.78, 5) is 28.7. The minimum Gasteiger partial charge on any atom is -0.492 e. The number of amides is 1. The lowest BCUT2D eigenvalue weighted by Crippen LogP contribution is -2.34. The lowest BCUT2D eigenvalue weighted by atomic mass is 10.0. The Morgan fingerprint density at radius 1 is 1.05 bits per heavy atom. The van der Waals surface area contributed by atoms with Gasteiger partial charge in [-0.05, 0) is 35.4 Å². The second-order valence-corrected chi connectivity index (χ2v) is 11.1. The molecule has 214 valence electrons. The van der Waals surface area contributed by atoms with Crippen molar-refractivity contribution in [2.45, 2.75) is 32.0 Å². The Morgan fingerprint density at radius 2 is 1.81 bits per heavy atom. The highest BCUT2D eigenvalue weighted by Crippen LogP contribution is 2.35. The van der Waals surface area contributed by atoms with Crippen LogP contribution in [0.2, 0.25) is 10.0 Å². The number of pyridine rings is 2. The maximum Gasteiger partial charge on any atom is 0.254 e. The third-order valence-corrected chi connectivity index (χ3v) is 8.22. The van der Waals surface area contributed by atoms with E-state index in [9.17, 15) is 4.79 Å². The van der Waals surface area contributed by atoms with E-state index in [0.29, 0.717) is 13.2 Å². The summed E-state index contributed by atoms with van der Waals surface area (Å²) < 4.78 is 8.10. The zero-order chi connectivity index (χ0) is 29.1. The number of aryl methyl sites for hydroxylation is 1. The molecule has 8 nitrogen and oxygen atoms in total. The average molecular weight is 602 g/mol. The van der Waals surface area contributed by atoms with Crippen molar-refractivity contribution in [2.24, 2.45) is 7.05 Å². The van der Waals surface area contributed by atoms with Crippen LogP contribution >= 0.6 is 23.2 Å². The standard InChI is InChI=1S/C32H30Cl2N6O2/c1-39-26-6-3-2-5-25(26)38-29(39)12-15-40(27-13-16-42-28-7-4-14-36-31(27)28)20-22-10-8-21(9-11-22)17-37-32(41)30-23(33)18-35-19-24(30)34/h2-11,14,18-19,27H,12-13,15-17,20H2,1H3,(H,37,41). The monoisotopic (exact) mass is 600 g/mol. The molecule has 0 aliphatic carbocycles. The Hall–Kier alpha value is -3.98. The molecule has 0 radical (unpaired) electrons. The number of hydrogen-bond donors (Lipinski definition) is 1. The first-order valence-electron chi connectivity index (χ1n) is 13.8. The zero-order valence-electron chi connectivity index (χ0n) is 23.1. The van der Waals surface area contributed by atoms with Crippen LogP contribution in [0.5, 0.6) is 5.75 Å². The molecule has 1 unspecified atom stereocenters. The Balaban J connectivity index is 1.18. The van der Waals surface area contributed by atoms with Crippen molar-refractivity contribution in [3.05, 3.63) is 118 Å². The molecule has 1 N–H and O–H groups in total. The molecule has 1 atom stereocenters. The Kier molecular flexibility index (Phi) is 8.37. The van der Waals surface area contributed by atoms with Crippen LogP contribution in [-0.2, 0) is 26.6 Å². The van der Waals surface area contributed by atoms with Crippen LogP contribution in [0.15, 0.2) is 79.3 Å². The van der Waals surface area contributed by atoms with Gasteiger partial charge in [0.1, 0.15) is 11.6 Å². The topological polar surface area (TPSA) is 85.2 Å². The van der Waals surface area contributed by atoms with E-state index in [1.165, 1.54) is 18.0 Å². The number of halogens is 2. The van der Waals surface area contributed by atoms with Crippen LogP contribution < -0.4 is 10.1 Å². The summed E-state index contributed by atoms with van der Waals surface area (Å²) in [5.74, 6) is 1.56. The summed E-state index contributed by atoms with van der Waals surface area (Å²) in [5, 5.41) is 3.34. The molecule has 0 fully saturated rings. The Labute approximate surface area is 254 Å². The predicted octanol–water partition coefficient (Wildman–Crippen LogP) is 6.17. The maximum atomic E-state index is 12.7. The van der Waals surface area contributed by atoms with E-state index in [1.807, 2.05) is 42.6 Å². The highest BCUT2D eigenvalue weighted by atomic mass is 35.5. The summed E-state index contributed by atoms with van der Waals surface area (Å²) in [6, 6.07) is 20.5. The van der Waals surface area contributed by atoms with Gasteiger partial charge in [0.05, 0.1) is 45.0 Å². The van der Waals surface area contributed by atoms with Crippen molar-refractivity contribution in [1.82, 2.24) is 29.7 Å². The molecule has 0 saturated carbocycles. The van der Waals surface area contributed by atoms with E-state index in [2.05, 4.69) is 51.1 Å². The number of ether oxygens (including phenoxy) is 1. The van der Waals surface area contributed by atoms with Gasteiger partial charge in [-0.2, -0.15) is 0 Å². The number of nitrogens with one attached hydrogen (secondary N) is 1. The number of nitrogens with zero attached hydrogens (tertiary/aromatic N) is 5. The molecule has 3 aromatic heterocycles. The normalized spacial score (nSPS) is 14.5. The number of aromatic nitrogens is 4. The lowest BCUT2D eigenvalue weighted by Gasteiger charge is -2.35. The van der Waals surface area contributed by atoms with Crippen molar-refractivity contribution >= 4 is 40.1 Å². The third-order valence-electron chi connectivity index (χ3n) is 7.65. The Bertz CT molecular complexity index is 1700. The summed E-state index contributed by atoms with van der Waals surface area (Å²) in [7, 11) is 2.08. The van der Waals surface area contributed by atoms with Gasteiger partial charge in [0.2, 0.25) is 0 Å². The average Bonchev–Trinajstić information content (AvgIpc) is 3.33. The van der Waals surface area contributed by atoms with Gasteiger partial charge in [0.25, 0.3) is 5.91 Å². The molecule has 10 heteroatoms. The minimum atomic E-state index is -0.338. The molecule has 2 aromatic carbocycles. The van der Waals surface area contributed by atoms with Crippen molar-refractivity contribution in [1.29, 1.82) is 0 Å². The first-order chi connectivity index (χ1) is 20.5. The van der Waals surface area contributed by atoms with Crippen LogP contribution in [0, 0.1) is 0 Å². The van der Waals surface area contributed by atoms with Gasteiger partial charge in [-0.1, -0.05) is 59.6 Å². The van der Waals surface area contributed by atoms with Crippen molar-refractivity contribution in [2.75, 3.05) is 13.2 Å². The van der Waals surface area contributed by atoms with E-state index in [-0.39, 0.29) is 27.6 Å². The summed E-state index contributed by atoms with van der Waals surface area (Å²) in [5.41, 5.74) is 5.48. The molecule has 0 spiro atoms. The van der Waals surface area contributed by atoms with Crippen molar-refractivity contribution in [3.8, 4) is 5.75 Å². The van der Waals surface area contributed by atoms with Crippen molar-refractivity contribution < 1.29 is 9.53 Å². The van der Waals surface area contributed by atoms with Gasteiger partial charge in [-0.15, -0.1) is 0 Å². The van der Waals surface area contributed by atoms with Gasteiger partial charge in [-0.3, -0.25) is 19.7 Å². The molecular weight excluding hydrogens is 571 g/mol.